The highest BCUT2D eigenvalue weighted by Gasteiger charge is 2.43. The second-order valence-corrected chi connectivity index (χ2v) is 8.93. The second-order valence-electron chi connectivity index (χ2n) is 8.93. The van der Waals surface area contributed by atoms with Crippen LogP contribution in [-0.4, -0.2) is 31.6 Å². The van der Waals surface area contributed by atoms with Crippen LogP contribution in [0.25, 0.3) is 22.0 Å². The van der Waals surface area contributed by atoms with Crippen molar-refractivity contribution >= 4 is 16.7 Å². The summed E-state index contributed by atoms with van der Waals surface area (Å²) < 4.78 is 29.6. The molecule has 2 atom stereocenters. The zero-order valence-corrected chi connectivity index (χ0v) is 18.1. The monoisotopic (exact) mass is 444 g/mol. The number of carbonyl (C=O) groups excluding carboxylic acids is 1. The van der Waals surface area contributed by atoms with E-state index in [0.717, 1.165) is 53.1 Å². The summed E-state index contributed by atoms with van der Waals surface area (Å²) in [5, 5.41) is 6.71. The highest BCUT2D eigenvalue weighted by Crippen LogP contribution is 2.45. The molecule has 0 radical (unpaired) electrons. The molecule has 6 rings (SSSR count). The number of aromatic nitrogens is 3. The summed E-state index contributed by atoms with van der Waals surface area (Å²) in [5.41, 5.74) is 3.42. The average molecular weight is 444 g/mol. The fraction of sp³-hybridized carbons (Fsp3) is 0.269. The Hall–Kier alpha value is -3.61. The third-order valence-electron chi connectivity index (χ3n) is 6.90. The number of rotatable bonds is 2. The van der Waals surface area contributed by atoms with Crippen molar-refractivity contribution in [2.45, 2.75) is 37.8 Å². The first-order chi connectivity index (χ1) is 16.0. The van der Waals surface area contributed by atoms with E-state index in [-0.39, 0.29) is 18.0 Å². The quantitative estimate of drug-likeness (QED) is 0.427. The molecule has 0 spiro atoms. The van der Waals surface area contributed by atoms with Gasteiger partial charge in [-0.1, -0.05) is 24.3 Å². The number of hydrogen-bond donors (Lipinski definition) is 0. The van der Waals surface area contributed by atoms with Crippen LogP contribution in [0, 0.1) is 11.6 Å². The van der Waals surface area contributed by atoms with Crippen LogP contribution in [0.2, 0.25) is 0 Å². The molecular weight excluding hydrogens is 422 g/mol. The first-order valence-electron chi connectivity index (χ1n) is 11.2. The summed E-state index contributed by atoms with van der Waals surface area (Å²) >= 11 is 0. The Morgan fingerprint density at radius 3 is 2.58 bits per heavy atom. The third kappa shape index (κ3) is 3.22. The fourth-order valence-electron chi connectivity index (χ4n) is 5.53. The van der Waals surface area contributed by atoms with Crippen LogP contribution in [0.1, 0.15) is 47.1 Å². The molecule has 2 bridgehead atoms. The van der Waals surface area contributed by atoms with E-state index >= 15 is 0 Å². The number of fused-ring (bicyclic) bond motifs is 5. The zero-order chi connectivity index (χ0) is 22.7. The van der Waals surface area contributed by atoms with Gasteiger partial charge < -0.3 is 4.90 Å². The minimum Gasteiger partial charge on any atom is -0.325 e. The van der Waals surface area contributed by atoms with Gasteiger partial charge in [0.15, 0.2) is 0 Å². The van der Waals surface area contributed by atoms with E-state index in [1.54, 1.807) is 17.9 Å². The maximum atomic E-state index is 14.0. The Morgan fingerprint density at radius 2 is 1.79 bits per heavy atom. The summed E-state index contributed by atoms with van der Waals surface area (Å²) in [6.07, 6.45) is 5.03. The van der Waals surface area contributed by atoms with Crippen LogP contribution >= 0.6 is 0 Å². The van der Waals surface area contributed by atoms with Gasteiger partial charge in [0.25, 0.3) is 5.91 Å². The van der Waals surface area contributed by atoms with Gasteiger partial charge in [-0.3, -0.25) is 14.5 Å². The molecule has 0 aliphatic carbocycles. The topological polar surface area (TPSA) is 51.0 Å². The van der Waals surface area contributed by atoms with E-state index in [2.05, 4.69) is 4.98 Å². The van der Waals surface area contributed by atoms with Gasteiger partial charge in [0.1, 0.15) is 17.3 Å². The summed E-state index contributed by atoms with van der Waals surface area (Å²) in [6.45, 7) is 0. The van der Waals surface area contributed by atoms with Crippen molar-refractivity contribution in [2.24, 2.45) is 7.05 Å². The van der Waals surface area contributed by atoms with E-state index in [1.165, 1.54) is 12.1 Å². The van der Waals surface area contributed by atoms with Crippen molar-refractivity contribution in [2.75, 3.05) is 0 Å². The molecule has 166 valence electrons. The van der Waals surface area contributed by atoms with Crippen molar-refractivity contribution in [1.29, 1.82) is 0 Å². The van der Waals surface area contributed by atoms with Crippen molar-refractivity contribution in [1.82, 2.24) is 19.7 Å². The summed E-state index contributed by atoms with van der Waals surface area (Å²) in [6, 6.07) is 13.1. The van der Waals surface area contributed by atoms with Crippen molar-refractivity contribution in [3.05, 3.63) is 83.3 Å². The molecule has 1 fully saturated rings. The van der Waals surface area contributed by atoms with Crippen LogP contribution in [0.5, 0.6) is 0 Å². The van der Waals surface area contributed by atoms with Crippen LogP contribution < -0.4 is 0 Å². The van der Waals surface area contributed by atoms with Crippen LogP contribution in [0.3, 0.4) is 0 Å². The third-order valence-corrected chi connectivity index (χ3v) is 6.90. The number of aryl methyl sites for hydroxylation is 1. The number of piperidine rings is 1. The minimum absolute atomic E-state index is 0.00150. The van der Waals surface area contributed by atoms with Gasteiger partial charge in [-0.25, -0.2) is 8.78 Å². The summed E-state index contributed by atoms with van der Waals surface area (Å²) in [7, 11) is 1.79. The van der Waals surface area contributed by atoms with Crippen molar-refractivity contribution in [3.8, 4) is 11.3 Å². The molecule has 0 N–H and O–H groups in total. The van der Waals surface area contributed by atoms with E-state index in [9.17, 15) is 13.6 Å². The highest BCUT2D eigenvalue weighted by atomic mass is 19.1. The summed E-state index contributed by atoms with van der Waals surface area (Å²) in [4.78, 5) is 20.0. The predicted molar refractivity (Wildman–Crippen MR) is 121 cm³/mol. The number of carbonyl (C=O) groups is 1. The SMILES string of the molecule is Cn1nc2c(c1-c1cc(F)cc(F)c1)C[C@@H]1CCC[C@H]2N1C(=O)c1cc2ccccc2cn1. The maximum absolute atomic E-state index is 14.0. The van der Waals surface area contributed by atoms with E-state index in [0.29, 0.717) is 17.7 Å². The molecular formula is C26H22F2N4O. The van der Waals surface area contributed by atoms with E-state index in [1.807, 2.05) is 35.2 Å². The Bertz CT molecular complexity index is 1390. The van der Waals surface area contributed by atoms with Crippen LogP contribution in [0.15, 0.2) is 54.7 Å². The van der Waals surface area contributed by atoms with E-state index < -0.39 is 11.6 Å². The minimum atomic E-state index is -0.616. The van der Waals surface area contributed by atoms with Gasteiger partial charge in [-0.2, -0.15) is 5.10 Å². The van der Waals surface area contributed by atoms with Crippen LogP contribution in [-0.2, 0) is 13.5 Å². The Balaban J connectivity index is 1.42. The average Bonchev–Trinajstić information content (AvgIpc) is 3.13. The smallest absolute Gasteiger partial charge is 0.273 e. The highest BCUT2D eigenvalue weighted by molar-refractivity contribution is 5.97. The lowest BCUT2D eigenvalue weighted by Gasteiger charge is -2.45. The normalized spacial score (nSPS) is 19.5. The molecule has 5 nitrogen and oxygen atoms in total. The molecule has 2 aliphatic heterocycles. The van der Waals surface area contributed by atoms with Gasteiger partial charge in [0, 0.05) is 41.9 Å². The number of amides is 1. The number of hydrogen-bond acceptors (Lipinski definition) is 3. The molecule has 4 heterocycles. The van der Waals surface area contributed by atoms with Crippen molar-refractivity contribution < 1.29 is 13.6 Å². The number of nitrogens with zero attached hydrogens (tertiary/aromatic N) is 4. The van der Waals surface area contributed by atoms with Gasteiger partial charge >= 0.3 is 0 Å². The maximum Gasteiger partial charge on any atom is 0.273 e. The molecule has 0 unspecified atom stereocenters. The summed E-state index contributed by atoms with van der Waals surface area (Å²) in [5.74, 6) is -1.32. The Labute approximate surface area is 189 Å². The Morgan fingerprint density at radius 1 is 1.03 bits per heavy atom. The lowest BCUT2D eigenvalue weighted by atomic mass is 9.81. The van der Waals surface area contributed by atoms with Gasteiger partial charge in [-0.15, -0.1) is 0 Å². The Kier molecular flexibility index (Phi) is 4.54. The first kappa shape index (κ1) is 20.0. The van der Waals surface area contributed by atoms with Crippen molar-refractivity contribution in [3.63, 3.8) is 0 Å². The molecule has 2 aromatic heterocycles. The van der Waals surface area contributed by atoms with Crippen LogP contribution in [0.4, 0.5) is 8.78 Å². The largest absolute Gasteiger partial charge is 0.325 e. The molecule has 1 amide bonds. The predicted octanol–water partition coefficient (Wildman–Crippen LogP) is 5.21. The fourth-order valence-corrected chi connectivity index (χ4v) is 5.53. The number of halogens is 2. The number of benzene rings is 2. The first-order valence-corrected chi connectivity index (χ1v) is 11.2. The zero-order valence-electron chi connectivity index (χ0n) is 18.1. The van der Waals surface area contributed by atoms with Gasteiger partial charge in [0.05, 0.1) is 17.4 Å². The molecule has 2 aliphatic rings. The molecule has 1 saturated heterocycles. The van der Waals surface area contributed by atoms with Gasteiger partial charge in [0.2, 0.25) is 0 Å². The number of pyridine rings is 1. The second kappa shape index (κ2) is 7.47. The lowest BCUT2D eigenvalue weighted by molar-refractivity contribution is 0.0386. The standard InChI is InChI=1S/C26H22F2N4O/c1-31-25(17-9-18(27)12-19(28)10-17)21-13-20-7-4-8-23(24(21)30-31)32(20)26(33)22-11-15-5-2-3-6-16(15)14-29-22/h2-3,5-6,9-12,14,20,23H,4,7-8,13H2,1H3/t20-,23+/m0/s1. The molecule has 33 heavy (non-hydrogen) atoms. The molecule has 2 aromatic carbocycles. The molecule has 4 aromatic rings. The molecule has 7 heteroatoms. The van der Waals surface area contributed by atoms with E-state index in [4.69, 9.17) is 5.10 Å². The lowest BCUT2D eigenvalue weighted by Crippen LogP contribution is -2.50. The molecule has 0 saturated carbocycles. The van der Waals surface area contributed by atoms with Gasteiger partial charge in [-0.05, 0) is 49.3 Å².